The number of carbonyl (C=O) groups excluding carboxylic acids is 1. The van der Waals surface area contributed by atoms with Gasteiger partial charge in [0.25, 0.3) is 0 Å². The van der Waals surface area contributed by atoms with Gasteiger partial charge < -0.3 is 9.84 Å². The lowest BCUT2D eigenvalue weighted by molar-refractivity contribution is -0.122. The van der Waals surface area contributed by atoms with Crippen molar-refractivity contribution in [3.05, 3.63) is 94.0 Å². The van der Waals surface area contributed by atoms with E-state index in [0.717, 1.165) is 17.5 Å². The van der Waals surface area contributed by atoms with E-state index in [0.29, 0.717) is 15.8 Å². The number of aromatic hydroxyl groups is 1. The number of phenols is 1. The van der Waals surface area contributed by atoms with E-state index >= 15 is 0 Å². The quantitative estimate of drug-likeness (QED) is 0.412. The summed E-state index contributed by atoms with van der Waals surface area (Å²) in [4.78, 5) is 12.9. The van der Waals surface area contributed by atoms with E-state index in [2.05, 4.69) is 50.7 Å². The van der Waals surface area contributed by atoms with E-state index in [1.165, 1.54) is 13.3 Å². The maximum Gasteiger partial charge on any atom is 0.244 e. The molecule has 1 aliphatic carbocycles. The lowest BCUT2D eigenvalue weighted by Crippen LogP contribution is -2.25. The highest BCUT2D eigenvalue weighted by Gasteiger charge is 2.60. The molecule has 0 bridgehead atoms. The minimum Gasteiger partial charge on any atom is -0.503 e. The highest BCUT2D eigenvalue weighted by molar-refractivity contribution is 9.10. The monoisotopic (exact) mass is 464 g/mol. The van der Waals surface area contributed by atoms with Crippen LogP contribution in [0.2, 0.25) is 0 Å². The van der Waals surface area contributed by atoms with Crippen LogP contribution in [-0.4, -0.2) is 24.3 Å². The summed E-state index contributed by atoms with van der Waals surface area (Å²) < 4.78 is 5.63. The first-order valence-electron chi connectivity index (χ1n) is 9.56. The standard InChI is InChI=1S/C24H21BrN2O3/c1-30-21-13-16(12-20(25)22(21)28)15-26-27-23(29)19-14-24(19,17-8-4-2-5-9-17)18-10-6-3-7-11-18/h2-13,15,19,28H,14H2,1H3,(H,27,29). The molecule has 0 heterocycles. The van der Waals surface area contributed by atoms with Crippen LogP contribution in [0.25, 0.3) is 0 Å². The number of halogens is 1. The van der Waals surface area contributed by atoms with Crippen molar-refractivity contribution in [1.29, 1.82) is 0 Å². The van der Waals surface area contributed by atoms with Crippen molar-refractivity contribution in [2.24, 2.45) is 11.0 Å². The molecule has 0 spiro atoms. The van der Waals surface area contributed by atoms with Crippen molar-refractivity contribution in [3.8, 4) is 11.5 Å². The van der Waals surface area contributed by atoms with Crippen LogP contribution in [0, 0.1) is 5.92 Å². The Bertz CT molecular complexity index is 1040. The molecule has 5 nitrogen and oxygen atoms in total. The zero-order valence-corrected chi connectivity index (χ0v) is 18.0. The minimum absolute atomic E-state index is 0.0205. The number of ether oxygens (including phenoxy) is 1. The fourth-order valence-electron chi connectivity index (χ4n) is 3.93. The minimum atomic E-state index is -0.326. The molecule has 1 fully saturated rings. The van der Waals surface area contributed by atoms with Gasteiger partial charge in [0.05, 0.1) is 23.7 Å². The smallest absolute Gasteiger partial charge is 0.244 e. The van der Waals surface area contributed by atoms with Gasteiger partial charge in [-0.25, -0.2) is 5.43 Å². The average Bonchev–Trinajstić information content (AvgIpc) is 3.54. The van der Waals surface area contributed by atoms with Gasteiger partial charge in [0.1, 0.15) is 0 Å². The van der Waals surface area contributed by atoms with Gasteiger partial charge >= 0.3 is 0 Å². The van der Waals surface area contributed by atoms with Gasteiger partial charge in [-0.2, -0.15) is 5.10 Å². The Balaban J connectivity index is 1.53. The fraction of sp³-hybridized carbons (Fsp3) is 0.167. The summed E-state index contributed by atoms with van der Waals surface area (Å²) in [7, 11) is 1.48. The molecule has 152 valence electrons. The van der Waals surface area contributed by atoms with Crippen LogP contribution >= 0.6 is 15.9 Å². The maximum absolute atomic E-state index is 12.9. The zero-order chi connectivity index (χ0) is 21.1. The Hall–Kier alpha value is -3.12. The van der Waals surface area contributed by atoms with Crippen molar-refractivity contribution in [3.63, 3.8) is 0 Å². The van der Waals surface area contributed by atoms with Gasteiger partial charge in [-0.15, -0.1) is 0 Å². The van der Waals surface area contributed by atoms with Gasteiger partial charge in [-0.05, 0) is 51.2 Å². The molecule has 1 saturated carbocycles. The third kappa shape index (κ3) is 3.71. The Morgan fingerprint density at radius 3 is 2.30 bits per heavy atom. The maximum atomic E-state index is 12.9. The summed E-state index contributed by atoms with van der Waals surface area (Å²) in [6, 6.07) is 23.6. The first-order valence-corrected chi connectivity index (χ1v) is 10.4. The van der Waals surface area contributed by atoms with E-state index in [-0.39, 0.29) is 23.0 Å². The number of amides is 1. The number of nitrogens with one attached hydrogen (secondary N) is 1. The molecule has 3 aromatic rings. The lowest BCUT2D eigenvalue weighted by atomic mass is 9.85. The zero-order valence-electron chi connectivity index (χ0n) is 16.4. The predicted octanol–water partition coefficient (Wildman–Crippen LogP) is 4.62. The highest BCUT2D eigenvalue weighted by Crippen LogP contribution is 2.58. The third-order valence-electron chi connectivity index (χ3n) is 5.51. The van der Waals surface area contributed by atoms with E-state index < -0.39 is 0 Å². The SMILES string of the molecule is COc1cc(C=NNC(=O)C2CC2(c2ccccc2)c2ccccc2)cc(Br)c1O. The van der Waals surface area contributed by atoms with Crippen molar-refractivity contribution < 1.29 is 14.6 Å². The normalized spacial score (nSPS) is 16.9. The van der Waals surface area contributed by atoms with E-state index in [1.807, 2.05) is 36.4 Å². The fourth-order valence-corrected chi connectivity index (χ4v) is 4.39. The number of methoxy groups -OCH3 is 1. The Morgan fingerprint density at radius 1 is 1.13 bits per heavy atom. The number of benzene rings is 3. The van der Waals surface area contributed by atoms with Crippen LogP contribution in [0.5, 0.6) is 11.5 Å². The molecule has 1 atom stereocenters. The summed E-state index contributed by atoms with van der Waals surface area (Å²) in [5.41, 5.74) is 5.29. The molecule has 4 rings (SSSR count). The van der Waals surface area contributed by atoms with Crippen molar-refractivity contribution in [2.45, 2.75) is 11.8 Å². The molecule has 3 aromatic carbocycles. The number of carbonyl (C=O) groups is 1. The van der Waals surface area contributed by atoms with Crippen LogP contribution in [0.15, 0.2) is 82.4 Å². The Morgan fingerprint density at radius 2 is 1.73 bits per heavy atom. The molecule has 0 aromatic heterocycles. The summed E-state index contributed by atoms with van der Waals surface area (Å²) in [5, 5.41) is 14.0. The second-order valence-electron chi connectivity index (χ2n) is 7.25. The van der Waals surface area contributed by atoms with E-state index in [1.54, 1.807) is 12.1 Å². The average molecular weight is 465 g/mol. The van der Waals surface area contributed by atoms with Gasteiger partial charge in [-0.1, -0.05) is 60.7 Å². The van der Waals surface area contributed by atoms with Crippen LogP contribution < -0.4 is 10.2 Å². The van der Waals surface area contributed by atoms with E-state index in [9.17, 15) is 9.90 Å². The molecule has 1 aliphatic rings. The summed E-state index contributed by atoms with van der Waals surface area (Å²) in [6.45, 7) is 0. The molecular formula is C24H21BrN2O3. The van der Waals surface area contributed by atoms with Gasteiger partial charge in [0.15, 0.2) is 11.5 Å². The molecule has 0 aliphatic heterocycles. The molecule has 1 amide bonds. The number of hydrazone groups is 1. The molecule has 6 heteroatoms. The largest absolute Gasteiger partial charge is 0.503 e. The molecule has 1 unspecified atom stereocenters. The Labute approximate surface area is 183 Å². The van der Waals surface area contributed by atoms with Crippen molar-refractivity contribution >= 4 is 28.1 Å². The third-order valence-corrected chi connectivity index (χ3v) is 6.12. The second-order valence-corrected chi connectivity index (χ2v) is 8.10. The van der Waals surface area contributed by atoms with Gasteiger partial charge in [-0.3, -0.25) is 4.79 Å². The molecular weight excluding hydrogens is 444 g/mol. The van der Waals surface area contributed by atoms with Gasteiger partial charge in [0.2, 0.25) is 5.91 Å². The van der Waals surface area contributed by atoms with Gasteiger partial charge in [0, 0.05) is 5.41 Å². The van der Waals surface area contributed by atoms with Crippen LogP contribution in [0.4, 0.5) is 0 Å². The molecule has 0 radical (unpaired) electrons. The van der Waals surface area contributed by atoms with Crippen LogP contribution in [0.1, 0.15) is 23.1 Å². The number of nitrogens with zero attached hydrogens (tertiary/aromatic N) is 1. The number of rotatable bonds is 6. The Kier molecular flexibility index (Phi) is 5.59. The summed E-state index contributed by atoms with van der Waals surface area (Å²) >= 11 is 3.28. The van der Waals surface area contributed by atoms with E-state index in [4.69, 9.17) is 4.74 Å². The number of hydrogen-bond donors (Lipinski definition) is 2. The lowest BCUT2D eigenvalue weighted by Gasteiger charge is -2.18. The van der Waals surface area contributed by atoms with Crippen molar-refractivity contribution in [2.75, 3.05) is 7.11 Å². The predicted molar refractivity (Wildman–Crippen MR) is 120 cm³/mol. The first kappa shape index (κ1) is 20.2. The molecule has 0 saturated heterocycles. The molecule has 2 N–H and O–H groups in total. The first-order chi connectivity index (χ1) is 14.6. The van der Waals surface area contributed by atoms with Crippen LogP contribution in [-0.2, 0) is 10.2 Å². The molecule has 30 heavy (non-hydrogen) atoms. The summed E-state index contributed by atoms with van der Waals surface area (Å²) in [5.74, 6) is 0.0305. The highest BCUT2D eigenvalue weighted by atomic mass is 79.9. The number of phenolic OH excluding ortho intramolecular Hbond substituents is 1. The second kappa shape index (κ2) is 8.32. The van der Waals surface area contributed by atoms with Crippen molar-refractivity contribution in [1.82, 2.24) is 5.43 Å². The number of hydrogen-bond acceptors (Lipinski definition) is 4. The summed E-state index contributed by atoms with van der Waals surface area (Å²) in [6.07, 6.45) is 2.26. The van der Waals surface area contributed by atoms with Crippen LogP contribution in [0.3, 0.4) is 0 Å². The topological polar surface area (TPSA) is 70.9 Å².